The molecule has 0 N–H and O–H groups in total. The molecule has 2 aliphatic heterocycles. The van der Waals surface area contributed by atoms with Crippen LogP contribution in [0.3, 0.4) is 0 Å². The average Bonchev–Trinajstić information content (AvgIpc) is 3.08. The molecule has 0 amide bonds. The topological polar surface area (TPSA) is 36.9 Å². The van der Waals surface area contributed by atoms with Gasteiger partial charge in [-0.25, -0.2) is 0 Å². The highest BCUT2D eigenvalue weighted by molar-refractivity contribution is 5.45. The van der Waals surface area contributed by atoms with Crippen LogP contribution >= 0.6 is 0 Å². The van der Waals surface area contributed by atoms with Crippen molar-refractivity contribution in [2.45, 2.75) is 37.4 Å². The van der Waals surface area contributed by atoms with Crippen molar-refractivity contribution in [3.63, 3.8) is 0 Å². The molecule has 4 rings (SSSR count). The van der Waals surface area contributed by atoms with E-state index in [1.165, 1.54) is 5.56 Å². The van der Waals surface area contributed by atoms with E-state index in [0.29, 0.717) is 12.7 Å². The van der Waals surface area contributed by atoms with Gasteiger partial charge in [0.2, 0.25) is 6.79 Å². The van der Waals surface area contributed by atoms with E-state index >= 15 is 0 Å². The summed E-state index contributed by atoms with van der Waals surface area (Å²) in [4.78, 5) is 0. The third kappa shape index (κ3) is 1.99. The Balaban J connectivity index is 1.49. The van der Waals surface area contributed by atoms with Gasteiger partial charge in [0.1, 0.15) is 0 Å². The first-order valence-electron chi connectivity index (χ1n) is 7.02. The lowest BCUT2D eigenvalue weighted by Gasteiger charge is -2.35. The van der Waals surface area contributed by atoms with Gasteiger partial charge in [-0.15, -0.1) is 0 Å². The van der Waals surface area contributed by atoms with Crippen molar-refractivity contribution in [2.75, 3.05) is 20.0 Å². The maximum Gasteiger partial charge on any atom is 0.231 e. The van der Waals surface area contributed by atoms with E-state index in [1.807, 2.05) is 6.07 Å². The fourth-order valence-corrected chi connectivity index (χ4v) is 3.34. The Morgan fingerprint density at radius 3 is 2.47 bits per heavy atom. The van der Waals surface area contributed by atoms with Gasteiger partial charge >= 0.3 is 0 Å². The number of benzene rings is 1. The van der Waals surface area contributed by atoms with E-state index in [2.05, 4.69) is 12.1 Å². The second kappa shape index (κ2) is 4.39. The molecule has 1 aromatic rings. The van der Waals surface area contributed by atoms with E-state index < -0.39 is 0 Å². The van der Waals surface area contributed by atoms with Gasteiger partial charge in [-0.2, -0.15) is 0 Å². The van der Waals surface area contributed by atoms with Gasteiger partial charge in [0, 0.05) is 12.8 Å². The molecule has 1 spiro atoms. The summed E-state index contributed by atoms with van der Waals surface area (Å²) >= 11 is 0. The Labute approximate surface area is 112 Å². The van der Waals surface area contributed by atoms with Crippen LogP contribution in [0, 0.1) is 0 Å². The van der Waals surface area contributed by atoms with E-state index in [1.54, 1.807) is 0 Å². The summed E-state index contributed by atoms with van der Waals surface area (Å²) in [6, 6.07) is 6.30. The molecular formula is C15H18O4. The molecule has 0 aromatic heterocycles. The summed E-state index contributed by atoms with van der Waals surface area (Å²) in [5.41, 5.74) is 1.34. The largest absolute Gasteiger partial charge is 0.454 e. The predicted molar refractivity (Wildman–Crippen MR) is 68.4 cm³/mol. The standard InChI is InChI=1S/C15H18O4/c1-2-13-14(17-10-16-13)9-12(1)11-3-5-15(6-4-11)18-7-8-19-15/h1-2,9,11H,3-8,10H2. The predicted octanol–water partition coefficient (Wildman–Crippen LogP) is 2.82. The van der Waals surface area contributed by atoms with E-state index in [-0.39, 0.29) is 5.79 Å². The molecule has 1 aliphatic carbocycles. The fourth-order valence-electron chi connectivity index (χ4n) is 3.34. The van der Waals surface area contributed by atoms with Crippen LogP contribution < -0.4 is 9.47 Å². The van der Waals surface area contributed by atoms with Crippen LogP contribution in [-0.2, 0) is 9.47 Å². The van der Waals surface area contributed by atoms with Crippen LogP contribution in [0.4, 0.5) is 0 Å². The van der Waals surface area contributed by atoms with Crippen LogP contribution in [0.5, 0.6) is 11.5 Å². The molecule has 0 atom stereocenters. The van der Waals surface area contributed by atoms with Gasteiger partial charge in [-0.05, 0) is 36.5 Å². The summed E-state index contributed by atoms with van der Waals surface area (Å²) in [5.74, 6) is 2.05. The first-order valence-corrected chi connectivity index (χ1v) is 7.02. The van der Waals surface area contributed by atoms with Crippen molar-refractivity contribution in [1.82, 2.24) is 0 Å². The first-order chi connectivity index (χ1) is 9.35. The van der Waals surface area contributed by atoms with E-state index in [0.717, 1.165) is 50.4 Å². The Morgan fingerprint density at radius 1 is 0.947 bits per heavy atom. The molecule has 0 bridgehead atoms. The zero-order valence-electron chi connectivity index (χ0n) is 10.9. The average molecular weight is 262 g/mol. The monoisotopic (exact) mass is 262 g/mol. The molecule has 102 valence electrons. The lowest BCUT2D eigenvalue weighted by molar-refractivity contribution is -0.178. The Morgan fingerprint density at radius 2 is 1.68 bits per heavy atom. The highest BCUT2D eigenvalue weighted by Crippen LogP contribution is 2.44. The van der Waals surface area contributed by atoms with Gasteiger partial charge in [0.05, 0.1) is 13.2 Å². The molecular weight excluding hydrogens is 244 g/mol. The fraction of sp³-hybridized carbons (Fsp3) is 0.600. The Bertz CT molecular complexity index is 469. The molecule has 19 heavy (non-hydrogen) atoms. The molecule has 4 nitrogen and oxygen atoms in total. The SMILES string of the molecule is c1cc2c(cc1C1CCC3(CC1)OCCO3)OCO2. The maximum absolute atomic E-state index is 5.77. The number of hydrogen-bond donors (Lipinski definition) is 0. The normalized spacial score (nSPS) is 25.1. The third-order valence-electron chi connectivity index (χ3n) is 4.43. The van der Waals surface area contributed by atoms with Gasteiger partial charge in [-0.1, -0.05) is 6.07 Å². The van der Waals surface area contributed by atoms with Crippen LogP contribution in [0.1, 0.15) is 37.2 Å². The van der Waals surface area contributed by atoms with Crippen molar-refractivity contribution >= 4 is 0 Å². The molecule has 2 heterocycles. The van der Waals surface area contributed by atoms with E-state index in [9.17, 15) is 0 Å². The molecule has 3 aliphatic rings. The number of rotatable bonds is 1. The molecule has 2 fully saturated rings. The summed E-state index contributed by atoms with van der Waals surface area (Å²) in [6.45, 7) is 1.83. The molecule has 1 saturated carbocycles. The summed E-state index contributed by atoms with van der Waals surface area (Å²) in [7, 11) is 0. The summed E-state index contributed by atoms with van der Waals surface area (Å²) < 4.78 is 22.4. The Kier molecular flexibility index (Phi) is 2.67. The van der Waals surface area contributed by atoms with E-state index in [4.69, 9.17) is 18.9 Å². The van der Waals surface area contributed by atoms with Gasteiger partial charge in [0.25, 0.3) is 0 Å². The summed E-state index contributed by atoms with van der Waals surface area (Å²) in [6.07, 6.45) is 4.21. The minimum atomic E-state index is -0.271. The van der Waals surface area contributed by atoms with Gasteiger partial charge < -0.3 is 18.9 Å². The number of ether oxygens (including phenoxy) is 4. The van der Waals surface area contributed by atoms with Gasteiger partial charge in [0.15, 0.2) is 17.3 Å². The number of fused-ring (bicyclic) bond motifs is 1. The number of hydrogen-bond acceptors (Lipinski definition) is 4. The maximum atomic E-state index is 5.77. The van der Waals surface area contributed by atoms with Crippen molar-refractivity contribution < 1.29 is 18.9 Å². The van der Waals surface area contributed by atoms with Crippen LogP contribution in [0.2, 0.25) is 0 Å². The lowest BCUT2D eigenvalue weighted by Crippen LogP contribution is -2.34. The minimum Gasteiger partial charge on any atom is -0.454 e. The highest BCUT2D eigenvalue weighted by atomic mass is 16.7. The molecule has 1 saturated heterocycles. The van der Waals surface area contributed by atoms with Crippen LogP contribution in [-0.4, -0.2) is 25.8 Å². The smallest absolute Gasteiger partial charge is 0.231 e. The van der Waals surface area contributed by atoms with Crippen LogP contribution in [0.25, 0.3) is 0 Å². The van der Waals surface area contributed by atoms with Crippen LogP contribution in [0.15, 0.2) is 18.2 Å². The lowest BCUT2D eigenvalue weighted by atomic mass is 9.81. The molecule has 1 aromatic carbocycles. The van der Waals surface area contributed by atoms with Crippen molar-refractivity contribution in [1.29, 1.82) is 0 Å². The van der Waals surface area contributed by atoms with Crippen molar-refractivity contribution in [2.24, 2.45) is 0 Å². The zero-order chi connectivity index (χ0) is 12.7. The second-order valence-electron chi connectivity index (χ2n) is 5.49. The zero-order valence-corrected chi connectivity index (χ0v) is 10.9. The third-order valence-corrected chi connectivity index (χ3v) is 4.43. The van der Waals surface area contributed by atoms with Crippen molar-refractivity contribution in [3.8, 4) is 11.5 Å². The minimum absolute atomic E-state index is 0.271. The Hall–Kier alpha value is -1.26. The second-order valence-corrected chi connectivity index (χ2v) is 5.49. The summed E-state index contributed by atoms with van der Waals surface area (Å²) in [5, 5.41) is 0. The van der Waals surface area contributed by atoms with Gasteiger partial charge in [-0.3, -0.25) is 0 Å². The first kappa shape index (κ1) is 11.6. The molecule has 4 heteroatoms. The highest BCUT2D eigenvalue weighted by Gasteiger charge is 2.40. The molecule has 0 unspecified atom stereocenters. The quantitative estimate of drug-likeness (QED) is 0.780. The van der Waals surface area contributed by atoms with Crippen molar-refractivity contribution in [3.05, 3.63) is 23.8 Å². The molecule has 0 radical (unpaired) electrons.